The molecular formula is C18H17F4N3O. The Morgan fingerprint density at radius 1 is 1.19 bits per heavy atom. The Balaban J connectivity index is 1.80. The Hall–Kier alpha value is -2.64. The first-order chi connectivity index (χ1) is 12.3. The van der Waals surface area contributed by atoms with Crippen molar-refractivity contribution in [1.82, 2.24) is 10.3 Å². The number of carbonyl (C=O) groups is 1. The lowest BCUT2D eigenvalue weighted by atomic mass is 9.85. The SMILES string of the molecule is O=C(NCC1CCC1)c1cnc(Nc2ccc(F)cc2)cc1C(F)(F)F. The molecule has 1 saturated carbocycles. The summed E-state index contributed by atoms with van der Waals surface area (Å²) < 4.78 is 53.0. The van der Waals surface area contributed by atoms with Crippen LogP contribution in [0.1, 0.15) is 35.2 Å². The first-order valence-corrected chi connectivity index (χ1v) is 8.21. The molecule has 0 radical (unpaired) electrons. The summed E-state index contributed by atoms with van der Waals surface area (Å²) in [6, 6.07) is 5.89. The summed E-state index contributed by atoms with van der Waals surface area (Å²) in [6.45, 7) is 0.367. The fraction of sp³-hybridized carbons (Fsp3) is 0.333. The molecule has 1 heterocycles. The molecule has 4 nitrogen and oxygen atoms in total. The number of alkyl halides is 3. The molecule has 1 amide bonds. The number of halogens is 4. The summed E-state index contributed by atoms with van der Waals surface area (Å²) in [5.74, 6) is -0.997. The average Bonchev–Trinajstić information content (AvgIpc) is 2.54. The standard InChI is InChI=1S/C18H17F4N3O/c19-12-4-6-13(7-5-12)25-16-8-15(18(20,21)22)14(10-23-16)17(26)24-9-11-2-1-3-11/h4-8,10-11H,1-3,9H2,(H,23,25)(H,24,26). The van der Waals surface area contributed by atoms with Gasteiger partial charge >= 0.3 is 6.18 Å². The van der Waals surface area contributed by atoms with Gasteiger partial charge in [-0.15, -0.1) is 0 Å². The highest BCUT2D eigenvalue weighted by Gasteiger charge is 2.36. The Labute approximate surface area is 147 Å². The molecule has 1 aliphatic carbocycles. The Morgan fingerprint density at radius 3 is 2.46 bits per heavy atom. The number of nitrogens with zero attached hydrogens (tertiary/aromatic N) is 1. The van der Waals surface area contributed by atoms with E-state index in [1.165, 1.54) is 24.3 Å². The largest absolute Gasteiger partial charge is 0.417 e. The maximum Gasteiger partial charge on any atom is 0.417 e. The number of hydrogen-bond donors (Lipinski definition) is 2. The third kappa shape index (κ3) is 4.30. The van der Waals surface area contributed by atoms with Gasteiger partial charge in [0.25, 0.3) is 5.91 Å². The van der Waals surface area contributed by atoms with E-state index in [9.17, 15) is 22.4 Å². The van der Waals surface area contributed by atoms with Gasteiger partial charge in [-0.25, -0.2) is 9.37 Å². The molecule has 1 aliphatic rings. The van der Waals surface area contributed by atoms with Crippen molar-refractivity contribution in [3.63, 3.8) is 0 Å². The quantitative estimate of drug-likeness (QED) is 0.765. The monoisotopic (exact) mass is 367 g/mol. The van der Waals surface area contributed by atoms with Crippen LogP contribution < -0.4 is 10.6 Å². The smallest absolute Gasteiger partial charge is 0.352 e. The third-order valence-electron chi connectivity index (χ3n) is 4.35. The molecule has 8 heteroatoms. The van der Waals surface area contributed by atoms with Crippen LogP contribution in [0, 0.1) is 11.7 Å². The van der Waals surface area contributed by atoms with Crippen molar-refractivity contribution in [2.75, 3.05) is 11.9 Å². The Kier molecular flexibility index (Phi) is 5.11. The molecule has 26 heavy (non-hydrogen) atoms. The van der Waals surface area contributed by atoms with Crippen LogP contribution >= 0.6 is 0 Å². The summed E-state index contributed by atoms with van der Waals surface area (Å²) in [7, 11) is 0. The van der Waals surface area contributed by atoms with Gasteiger partial charge in [-0.1, -0.05) is 6.42 Å². The highest BCUT2D eigenvalue weighted by molar-refractivity contribution is 5.96. The zero-order chi connectivity index (χ0) is 18.7. The van der Waals surface area contributed by atoms with E-state index < -0.39 is 29.0 Å². The van der Waals surface area contributed by atoms with Gasteiger partial charge in [0.2, 0.25) is 0 Å². The van der Waals surface area contributed by atoms with Crippen LogP contribution in [0.4, 0.5) is 29.1 Å². The number of benzene rings is 1. The van der Waals surface area contributed by atoms with Gasteiger partial charge in [0.15, 0.2) is 0 Å². The number of amides is 1. The van der Waals surface area contributed by atoms with Crippen molar-refractivity contribution >= 4 is 17.4 Å². The summed E-state index contributed by atoms with van der Waals surface area (Å²) in [5, 5.41) is 5.22. The summed E-state index contributed by atoms with van der Waals surface area (Å²) >= 11 is 0. The summed E-state index contributed by atoms with van der Waals surface area (Å²) in [5.41, 5.74) is -1.20. The fourth-order valence-corrected chi connectivity index (χ4v) is 2.65. The van der Waals surface area contributed by atoms with E-state index in [0.717, 1.165) is 31.5 Å². The molecule has 1 aromatic heterocycles. The zero-order valence-corrected chi connectivity index (χ0v) is 13.7. The van der Waals surface area contributed by atoms with E-state index in [-0.39, 0.29) is 5.82 Å². The van der Waals surface area contributed by atoms with Crippen molar-refractivity contribution in [2.45, 2.75) is 25.4 Å². The van der Waals surface area contributed by atoms with Crippen molar-refractivity contribution in [2.24, 2.45) is 5.92 Å². The van der Waals surface area contributed by atoms with Crippen LogP contribution in [-0.2, 0) is 6.18 Å². The first-order valence-electron chi connectivity index (χ1n) is 8.21. The Morgan fingerprint density at radius 2 is 1.88 bits per heavy atom. The van der Waals surface area contributed by atoms with Gasteiger partial charge < -0.3 is 10.6 Å². The lowest BCUT2D eigenvalue weighted by Crippen LogP contribution is -2.33. The molecule has 0 atom stereocenters. The predicted octanol–water partition coefficient (Wildman–Crippen LogP) is 4.51. The number of carbonyl (C=O) groups excluding carboxylic acids is 1. The molecule has 138 valence electrons. The third-order valence-corrected chi connectivity index (χ3v) is 4.35. The molecular weight excluding hydrogens is 350 g/mol. The minimum atomic E-state index is -4.70. The van der Waals surface area contributed by atoms with Crippen LogP contribution in [0.2, 0.25) is 0 Å². The van der Waals surface area contributed by atoms with E-state index in [0.29, 0.717) is 18.2 Å². The summed E-state index contributed by atoms with van der Waals surface area (Å²) in [6.07, 6.45) is -0.758. The number of hydrogen-bond acceptors (Lipinski definition) is 3. The molecule has 0 saturated heterocycles. The minimum absolute atomic E-state index is 0.0838. The van der Waals surface area contributed by atoms with Crippen molar-refractivity contribution in [3.8, 4) is 0 Å². The topological polar surface area (TPSA) is 54.0 Å². The van der Waals surface area contributed by atoms with E-state index in [2.05, 4.69) is 15.6 Å². The number of pyridine rings is 1. The lowest BCUT2D eigenvalue weighted by Gasteiger charge is -2.25. The Bertz CT molecular complexity index is 786. The fourth-order valence-electron chi connectivity index (χ4n) is 2.65. The zero-order valence-electron chi connectivity index (χ0n) is 13.7. The normalized spacial score (nSPS) is 14.6. The molecule has 0 spiro atoms. The van der Waals surface area contributed by atoms with E-state index >= 15 is 0 Å². The van der Waals surface area contributed by atoms with Crippen molar-refractivity contribution < 1.29 is 22.4 Å². The van der Waals surface area contributed by atoms with E-state index in [1.54, 1.807) is 0 Å². The molecule has 2 N–H and O–H groups in total. The predicted molar refractivity (Wildman–Crippen MR) is 88.6 cm³/mol. The number of nitrogens with one attached hydrogen (secondary N) is 2. The van der Waals surface area contributed by atoms with Gasteiger partial charge in [0, 0.05) is 18.4 Å². The first kappa shape index (κ1) is 18.2. The van der Waals surface area contributed by atoms with Crippen LogP contribution in [-0.4, -0.2) is 17.4 Å². The van der Waals surface area contributed by atoms with Gasteiger partial charge in [-0.2, -0.15) is 13.2 Å². The average molecular weight is 367 g/mol. The molecule has 3 rings (SSSR count). The number of rotatable bonds is 5. The minimum Gasteiger partial charge on any atom is -0.352 e. The maximum absolute atomic E-state index is 13.4. The van der Waals surface area contributed by atoms with E-state index in [4.69, 9.17) is 0 Å². The number of aromatic nitrogens is 1. The van der Waals surface area contributed by atoms with Crippen LogP contribution in [0.15, 0.2) is 36.5 Å². The second-order valence-electron chi connectivity index (χ2n) is 6.25. The second kappa shape index (κ2) is 7.31. The van der Waals surface area contributed by atoms with Gasteiger partial charge in [0.1, 0.15) is 11.6 Å². The maximum atomic E-state index is 13.4. The lowest BCUT2D eigenvalue weighted by molar-refractivity contribution is -0.137. The van der Waals surface area contributed by atoms with Gasteiger partial charge in [-0.05, 0) is 49.1 Å². The van der Waals surface area contributed by atoms with Gasteiger partial charge in [-0.3, -0.25) is 4.79 Å². The molecule has 0 bridgehead atoms. The van der Waals surface area contributed by atoms with Crippen LogP contribution in [0.25, 0.3) is 0 Å². The van der Waals surface area contributed by atoms with Crippen LogP contribution in [0.5, 0.6) is 0 Å². The van der Waals surface area contributed by atoms with Crippen molar-refractivity contribution in [3.05, 3.63) is 53.5 Å². The molecule has 0 unspecified atom stereocenters. The number of anilines is 2. The molecule has 0 aliphatic heterocycles. The summed E-state index contributed by atoms with van der Waals surface area (Å²) in [4.78, 5) is 16.0. The molecule has 1 aromatic carbocycles. The highest BCUT2D eigenvalue weighted by Crippen LogP contribution is 2.34. The van der Waals surface area contributed by atoms with Crippen LogP contribution in [0.3, 0.4) is 0 Å². The second-order valence-corrected chi connectivity index (χ2v) is 6.25. The van der Waals surface area contributed by atoms with Crippen molar-refractivity contribution in [1.29, 1.82) is 0 Å². The highest BCUT2D eigenvalue weighted by atomic mass is 19.4. The van der Waals surface area contributed by atoms with E-state index in [1.807, 2.05) is 0 Å². The van der Waals surface area contributed by atoms with Gasteiger partial charge in [0.05, 0.1) is 11.1 Å². The molecule has 1 fully saturated rings. The molecule has 2 aromatic rings.